The van der Waals surface area contributed by atoms with Crippen molar-refractivity contribution in [1.82, 2.24) is 0 Å². The van der Waals surface area contributed by atoms with Crippen LogP contribution in [0.5, 0.6) is 0 Å². The standard InChI is InChI=1S/C36H25Br/c37-35-20-19-33-22-27(14-17-34(33)25-35)12-11-26-13-16-32-23-28(15-18-31(32)21-26)24-36(29-7-3-1-4-8-29)30-9-5-2-6-10-30/h1-25H/b12-11+. The van der Waals surface area contributed by atoms with Crippen LogP contribution in [-0.4, -0.2) is 0 Å². The van der Waals surface area contributed by atoms with Crippen molar-refractivity contribution < 1.29 is 0 Å². The first kappa shape index (κ1) is 23.2. The van der Waals surface area contributed by atoms with Crippen LogP contribution in [0.2, 0.25) is 0 Å². The molecule has 0 aliphatic rings. The van der Waals surface area contributed by atoms with E-state index in [2.05, 4.69) is 168 Å². The molecule has 6 rings (SSSR count). The molecule has 0 N–H and O–H groups in total. The maximum atomic E-state index is 3.55. The highest BCUT2D eigenvalue weighted by Gasteiger charge is 2.05. The Hall–Kier alpha value is -4.20. The summed E-state index contributed by atoms with van der Waals surface area (Å²) in [5, 5.41) is 4.96. The average Bonchev–Trinajstić information content (AvgIpc) is 2.95. The van der Waals surface area contributed by atoms with Crippen LogP contribution in [0.15, 0.2) is 138 Å². The lowest BCUT2D eigenvalue weighted by atomic mass is 9.95. The van der Waals surface area contributed by atoms with Crippen molar-refractivity contribution in [2.24, 2.45) is 0 Å². The Kier molecular flexibility index (Phi) is 6.54. The van der Waals surface area contributed by atoms with E-state index in [4.69, 9.17) is 0 Å². The van der Waals surface area contributed by atoms with E-state index in [0.717, 1.165) is 4.47 Å². The van der Waals surface area contributed by atoms with Gasteiger partial charge in [0.15, 0.2) is 0 Å². The maximum absolute atomic E-state index is 3.55. The van der Waals surface area contributed by atoms with Crippen molar-refractivity contribution in [3.05, 3.63) is 166 Å². The number of rotatable bonds is 5. The van der Waals surface area contributed by atoms with Gasteiger partial charge in [0.25, 0.3) is 0 Å². The molecule has 0 bridgehead atoms. The summed E-state index contributed by atoms with van der Waals surface area (Å²) in [6.45, 7) is 0. The quantitative estimate of drug-likeness (QED) is 0.192. The van der Waals surface area contributed by atoms with Crippen LogP contribution in [0.3, 0.4) is 0 Å². The molecule has 0 heterocycles. The molecule has 0 fully saturated rings. The third-order valence-corrected chi connectivity index (χ3v) is 7.16. The van der Waals surface area contributed by atoms with Crippen LogP contribution in [0.1, 0.15) is 27.8 Å². The lowest BCUT2D eigenvalue weighted by Gasteiger charge is -2.10. The van der Waals surface area contributed by atoms with E-state index in [0.29, 0.717) is 0 Å². The number of benzene rings is 6. The van der Waals surface area contributed by atoms with Crippen LogP contribution in [0.4, 0.5) is 0 Å². The lowest BCUT2D eigenvalue weighted by molar-refractivity contribution is 1.55. The van der Waals surface area contributed by atoms with Gasteiger partial charge < -0.3 is 0 Å². The largest absolute Gasteiger partial charge is 0.0622 e. The Morgan fingerprint density at radius 3 is 1.41 bits per heavy atom. The predicted molar refractivity (Wildman–Crippen MR) is 164 cm³/mol. The molecule has 0 amide bonds. The zero-order valence-corrected chi connectivity index (χ0v) is 21.9. The average molecular weight is 538 g/mol. The second kappa shape index (κ2) is 10.4. The topological polar surface area (TPSA) is 0 Å². The third kappa shape index (κ3) is 5.33. The Bertz CT molecular complexity index is 1720. The van der Waals surface area contributed by atoms with Crippen molar-refractivity contribution in [2.45, 2.75) is 0 Å². The van der Waals surface area contributed by atoms with Crippen LogP contribution >= 0.6 is 15.9 Å². The number of halogens is 1. The van der Waals surface area contributed by atoms with E-state index >= 15 is 0 Å². The number of hydrogen-bond acceptors (Lipinski definition) is 0. The fourth-order valence-electron chi connectivity index (χ4n) is 4.74. The van der Waals surface area contributed by atoms with Crippen molar-refractivity contribution in [2.75, 3.05) is 0 Å². The molecular formula is C36H25Br. The molecule has 6 aromatic carbocycles. The lowest BCUT2D eigenvalue weighted by Crippen LogP contribution is -1.88. The molecule has 37 heavy (non-hydrogen) atoms. The second-order valence-corrected chi connectivity index (χ2v) is 10.2. The summed E-state index contributed by atoms with van der Waals surface area (Å²) in [6.07, 6.45) is 6.66. The van der Waals surface area contributed by atoms with Gasteiger partial charge in [-0.25, -0.2) is 0 Å². The van der Waals surface area contributed by atoms with Crippen LogP contribution in [0.25, 0.3) is 45.3 Å². The molecule has 176 valence electrons. The molecule has 1 heteroatoms. The first-order chi connectivity index (χ1) is 18.2. The monoisotopic (exact) mass is 536 g/mol. The van der Waals surface area contributed by atoms with E-state index < -0.39 is 0 Å². The zero-order valence-electron chi connectivity index (χ0n) is 20.3. The Labute approximate surface area is 226 Å². The van der Waals surface area contributed by atoms with E-state index in [1.807, 2.05) is 0 Å². The van der Waals surface area contributed by atoms with Gasteiger partial charge in [0.05, 0.1) is 0 Å². The molecule has 0 aliphatic heterocycles. The van der Waals surface area contributed by atoms with Gasteiger partial charge >= 0.3 is 0 Å². The molecule has 6 aromatic rings. The van der Waals surface area contributed by atoms with Crippen molar-refractivity contribution in [3.8, 4) is 0 Å². The SMILES string of the molecule is Brc1ccc2cc(/C=C/c3ccc4cc(C=C(c5ccccc5)c5ccccc5)ccc4c3)ccc2c1. The van der Waals surface area contributed by atoms with Crippen LogP contribution < -0.4 is 0 Å². The molecule has 0 nitrogen and oxygen atoms in total. The van der Waals surface area contributed by atoms with Gasteiger partial charge in [-0.15, -0.1) is 0 Å². The second-order valence-electron chi connectivity index (χ2n) is 9.24. The minimum atomic E-state index is 1.11. The van der Waals surface area contributed by atoms with E-state index in [9.17, 15) is 0 Å². The molecule has 0 radical (unpaired) electrons. The summed E-state index contributed by atoms with van der Waals surface area (Å²) in [4.78, 5) is 0. The van der Waals surface area contributed by atoms with Gasteiger partial charge in [-0.2, -0.15) is 0 Å². The Balaban J connectivity index is 1.30. The molecule has 0 unspecified atom stereocenters. The predicted octanol–water partition coefficient (Wildman–Crippen LogP) is 10.5. The minimum absolute atomic E-state index is 1.11. The molecule has 0 aromatic heterocycles. The van der Waals surface area contributed by atoms with Crippen molar-refractivity contribution in [3.63, 3.8) is 0 Å². The van der Waals surface area contributed by atoms with Gasteiger partial charge in [0.2, 0.25) is 0 Å². The Morgan fingerprint density at radius 1 is 0.432 bits per heavy atom. The molecule has 0 aliphatic carbocycles. The maximum Gasteiger partial charge on any atom is 0.0181 e. The summed E-state index contributed by atoms with van der Waals surface area (Å²) in [5.74, 6) is 0. The summed E-state index contributed by atoms with van der Waals surface area (Å²) in [7, 11) is 0. The summed E-state index contributed by atoms with van der Waals surface area (Å²) >= 11 is 3.55. The van der Waals surface area contributed by atoms with Crippen LogP contribution in [0, 0.1) is 0 Å². The van der Waals surface area contributed by atoms with Gasteiger partial charge in [-0.1, -0.05) is 131 Å². The number of fused-ring (bicyclic) bond motifs is 2. The molecular weight excluding hydrogens is 512 g/mol. The molecule has 0 spiro atoms. The summed E-state index contributed by atoms with van der Waals surface area (Å²) in [5.41, 5.74) is 7.25. The fourth-order valence-corrected chi connectivity index (χ4v) is 5.12. The van der Waals surface area contributed by atoms with Gasteiger partial charge in [-0.05, 0) is 91.3 Å². The van der Waals surface area contributed by atoms with Gasteiger partial charge in [0, 0.05) is 4.47 Å². The first-order valence-corrected chi connectivity index (χ1v) is 13.2. The summed E-state index contributed by atoms with van der Waals surface area (Å²) in [6, 6.07) is 47.5. The van der Waals surface area contributed by atoms with Gasteiger partial charge in [0.1, 0.15) is 0 Å². The Morgan fingerprint density at radius 2 is 0.865 bits per heavy atom. The van der Waals surface area contributed by atoms with Crippen LogP contribution in [-0.2, 0) is 0 Å². The van der Waals surface area contributed by atoms with E-state index in [-0.39, 0.29) is 0 Å². The van der Waals surface area contributed by atoms with E-state index in [1.165, 1.54) is 54.9 Å². The molecule has 0 atom stereocenters. The normalized spacial score (nSPS) is 11.3. The number of hydrogen-bond donors (Lipinski definition) is 0. The van der Waals surface area contributed by atoms with Crippen molar-refractivity contribution >= 4 is 61.3 Å². The molecule has 0 saturated heterocycles. The summed E-state index contributed by atoms with van der Waals surface area (Å²) < 4.78 is 1.11. The van der Waals surface area contributed by atoms with Crippen molar-refractivity contribution in [1.29, 1.82) is 0 Å². The highest BCUT2D eigenvalue weighted by molar-refractivity contribution is 9.10. The first-order valence-electron chi connectivity index (χ1n) is 12.5. The third-order valence-electron chi connectivity index (χ3n) is 6.66. The molecule has 0 saturated carbocycles. The van der Waals surface area contributed by atoms with E-state index in [1.54, 1.807) is 0 Å². The fraction of sp³-hybridized carbons (Fsp3) is 0. The zero-order chi connectivity index (χ0) is 25.0. The highest BCUT2D eigenvalue weighted by Crippen LogP contribution is 2.28. The highest BCUT2D eigenvalue weighted by atomic mass is 79.9. The van der Waals surface area contributed by atoms with Gasteiger partial charge in [-0.3, -0.25) is 0 Å². The minimum Gasteiger partial charge on any atom is -0.0622 e. The smallest absolute Gasteiger partial charge is 0.0181 e.